The van der Waals surface area contributed by atoms with E-state index in [9.17, 15) is 0 Å². The molecule has 2 N–H and O–H groups in total. The lowest BCUT2D eigenvalue weighted by atomic mass is 9.97. The highest BCUT2D eigenvalue weighted by Crippen LogP contribution is 2.37. The summed E-state index contributed by atoms with van der Waals surface area (Å²) in [6.45, 7) is 0. The van der Waals surface area contributed by atoms with E-state index < -0.39 is 0 Å². The summed E-state index contributed by atoms with van der Waals surface area (Å²) in [7, 11) is 0. The number of aromatic nitrogens is 2. The monoisotopic (exact) mass is 360 g/mol. The van der Waals surface area contributed by atoms with E-state index >= 15 is 0 Å². The van der Waals surface area contributed by atoms with Crippen molar-refractivity contribution in [2.24, 2.45) is 0 Å². The SMILES string of the molecule is Brc1ccc([NH2+]c2ncnc3sc4c(c23)CCCC4)cc1. The van der Waals surface area contributed by atoms with Gasteiger partial charge in [0.15, 0.2) is 0 Å². The number of hydrogen-bond donors (Lipinski definition) is 1. The molecule has 0 aliphatic heterocycles. The molecule has 1 aliphatic carbocycles. The minimum Gasteiger partial charge on any atom is -0.264 e. The predicted molar refractivity (Wildman–Crippen MR) is 89.4 cm³/mol. The Morgan fingerprint density at radius 2 is 1.86 bits per heavy atom. The molecular weight excluding hydrogens is 346 g/mol. The third kappa shape index (κ3) is 2.50. The standard InChI is InChI=1S/C16H14BrN3S/c17-10-5-7-11(8-6-10)20-15-14-12-3-1-2-4-13(12)21-16(14)19-9-18-15/h5-9H,1-4H2,(H,18,19,20)/p+1. The van der Waals surface area contributed by atoms with Crippen LogP contribution in [0.1, 0.15) is 23.3 Å². The largest absolute Gasteiger partial charge is 0.264 e. The van der Waals surface area contributed by atoms with Gasteiger partial charge in [0.05, 0.1) is 5.39 Å². The van der Waals surface area contributed by atoms with Crippen molar-refractivity contribution in [1.29, 1.82) is 0 Å². The van der Waals surface area contributed by atoms with E-state index in [4.69, 9.17) is 0 Å². The molecule has 0 bridgehead atoms. The van der Waals surface area contributed by atoms with Crippen LogP contribution in [0.25, 0.3) is 10.2 Å². The van der Waals surface area contributed by atoms with Crippen LogP contribution in [-0.4, -0.2) is 9.97 Å². The second-order valence-corrected chi connectivity index (χ2v) is 7.35. The van der Waals surface area contributed by atoms with Crippen molar-refractivity contribution in [2.45, 2.75) is 25.7 Å². The first-order valence-corrected chi connectivity index (χ1v) is 8.78. The zero-order valence-electron chi connectivity index (χ0n) is 11.5. The van der Waals surface area contributed by atoms with Crippen molar-refractivity contribution in [3.63, 3.8) is 0 Å². The number of aryl methyl sites for hydroxylation is 2. The Kier molecular flexibility index (Phi) is 3.49. The fraction of sp³-hybridized carbons (Fsp3) is 0.250. The summed E-state index contributed by atoms with van der Waals surface area (Å²) in [6, 6.07) is 8.34. The van der Waals surface area contributed by atoms with E-state index in [1.165, 1.54) is 47.2 Å². The predicted octanol–water partition coefficient (Wildman–Crippen LogP) is 3.86. The van der Waals surface area contributed by atoms with Gasteiger partial charge in [0, 0.05) is 21.5 Å². The van der Waals surface area contributed by atoms with Crippen LogP contribution < -0.4 is 5.32 Å². The molecular formula is C16H15BrN3S+. The number of fused-ring (bicyclic) bond motifs is 3. The second kappa shape index (κ2) is 5.48. The maximum atomic E-state index is 4.53. The van der Waals surface area contributed by atoms with Gasteiger partial charge in [0.25, 0.3) is 0 Å². The average Bonchev–Trinajstić information content (AvgIpc) is 2.89. The summed E-state index contributed by atoms with van der Waals surface area (Å²) in [6.07, 6.45) is 6.65. The lowest BCUT2D eigenvalue weighted by Crippen LogP contribution is -2.71. The third-order valence-corrected chi connectivity index (χ3v) is 5.68. The number of nitrogens with zero attached hydrogens (tertiary/aromatic N) is 2. The van der Waals surface area contributed by atoms with Crippen molar-refractivity contribution in [1.82, 2.24) is 9.97 Å². The van der Waals surface area contributed by atoms with Crippen LogP contribution in [0.15, 0.2) is 35.1 Å². The first-order valence-electron chi connectivity index (χ1n) is 7.17. The first-order chi connectivity index (χ1) is 10.3. The van der Waals surface area contributed by atoms with Crippen LogP contribution >= 0.6 is 27.3 Å². The summed E-state index contributed by atoms with van der Waals surface area (Å²) in [5.41, 5.74) is 2.67. The van der Waals surface area contributed by atoms with E-state index in [-0.39, 0.29) is 0 Å². The Hall–Kier alpha value is -1.30. The second-order valence-electron chi connectivity index (χ2n) is 5.35. The maximum Gasteiger partial charge on any atom is 0.241 e. The fourth-order valence-electron chi connectivity index (χ4n) is 2.94. The minimum absolute atomic E-state index is 1.06. The van der Waals surface area contributed by atoms with Crippen LogP contribution in [0.4, 0.5) is 11.5 Å². The lowest BCUT2D eigenvalue weighted by Gasteiger charge is -2.10. The zero-order valence-corrected chi connectivity index (χ0v) is 13.9. The summed E-state index contributed by atoms with van der Waals surface area (Å²) in [5.74, 6) is 1.06. The molecule has 3 aromatic rings. The molecule has 0 fully saturated rings. The topological polar surface area (TPSA) is 42.4 Å². The Labute approximate surface area is 135 Å². The van der Waals surface area contributed by atoms with Crippen molar-refractivity contribution in [2.75, 3.05) is 0 Å². The molecule has 5 heteroatoms. The molecule has 0 saturated carbocycles. The van der Waals surface area contributed by atoms with Gasteiger partial charge in [0.2, 0.25) is 5.82 Å². The summed E-state index contributed by atoms with van der Waals surface area (Å²) >= 11 is 5.32. The van der Waals surface area contributed by atoms with E-state index in [0.717, 1.165) is 15.1 Å². The highest BCUT2D eigenvalue weighted by Gasteiger charge is 2.21. The number of nitrogens with two attached hydrogens (primary N) is 1. The molecule has 0 radical (unpaired) electrons. The van der Waals surface area contributed by atoms with Crippen LogP contribution in [-0.2, 0) is 12.8 Å². The Balaban J connectivity index is 1.81. The summed E-state index contributed by atoms with van der Waals surface area (Å²) < 4.78 is 1.10. The van der Waals surface area contributed by atoms with Gasteiger partial charge in [-0.1, -0.05) is 15.9 Å². The number of rotatable bonds is 2. The third-order valence-electron chi connectivity index (χ3n) is 3.95. The zero-order chi connectivity index (χ0) is 14.2. The Morgan fingerprint density at radius 3 is 2.71 bits per heavy atom. The smallest absolute Gasteiger partial charge is 0.241 e. The molecule has 0 saturated heterocycles. The molecule has 3 nitrogen and oxygen atoms in total. The van der Waals surface area contributed by atoms with Gasteiger partial charge in [-0.05, 0) is 43.4 Å². The van der Waals surface area contributed by atoms with Gasteiger partial charge < -0.3 is 0 Å². The van der Waals surface area contributed by atoms with E-state index in [1.54, 1.807) is 6.33 Å². The van der Waals surface area contributed by atoms with Gasteiger partial charge in [-0.25, -0.2) is 4.98 Å². The number of thiophene rings is 1. The summed E-state index contributed by atoms with van der Waals surface area (Å²) in [5, 5.41) is 3.44. The molecule has 0 unspecified atom stereocenters. The summed E-state index contributed by atoms with van der Waals surface area (Å²) in [4.78, 5) is 11.7. The number of quaternary nitrogens is 1. The van der Waals surface area contributed by atoms with Gasteiger partial charge in [-0.3, -0.25) is 5.32 Å². The van der Waals surface area contributed by atoms with Gasteiger partial charge >= 0.3 is 0 Å². The molecule has 1 aromatic carbocycles. The fourth-order valence-corrected chi connectivity index (χ4v) is 4.44. The van der Waals surface area contributed by atoms with Crippen molar-refractivity contribution < 1.29 is 5.32 Å². The van der Waals surface area contributed by atoms with Crippen molar-refractivity contribution in [3.05, 3.63) is 45.5 Å². The molecule has 106 valence electrons. The number of hydrogen-bond acceptors (Lipinski definition) is 3. The molecule has 2 heterocycles. The van der Waals surface area contributed by atoms with Crippen LogP contribution in [0.3, 0.4) is 0 Å². The molecule has 1 aliphatic rings. The van der Waals surface area contributed by atoms with Gasteiger partial charge in [-0.15, -0.1) is 11.3 Å². The van der Waals surface area contributed by atoms with Crippen LogP contribution in [0.5, 0.6) is 0 Å². The number of benzene rings is 1. The molecule has 21 heavy (non-hydrogen) atoms. The molecule has 2 aromatic heterocycles. The van der Waals surface area contributed by atoms with Crippen LogP contribution in [0, 0.1) is 0 Å². The Morgan fingerprint density at radius 1 is 1.05 bits per heavy atom. The van der Waals surface area contributed by atoms with Crippen LogP contribution in [0.2, 0.25) is 0 Å². The van der Waals surface area contributed by atoms with Crippen molar-refractivity contribution >= 4 is 49.0 Å². The highest BCUT2D eigenvalue weighted by atomic mass is 79.9. The van der Waals surface area contributed by atoms with Gasteiger partial charge in [-0.2, -0.15) is 4.98 Å². The Bertz CT molecular complexity index is 795. The number of halogens is 1. The molecule has 0 amide bonds. The highest BCUT2D eigenvalue weighted by molar-refractivity contribution is 9.10. The lowest BCUT2D eigenvalue weighted by molar-refractivity contribution is -0.481. The van der Waals surface area contributed by atoms with Crippen molar-refractivity contribution in [3.8, 4) is 0 Å². The molecule has 0 atom stereocenters. The quantitative estimate of drug-likeness (QED) is 0.705. The maximum absolute atomic E-state index is 4.53. The molecule has 4 rings (SSSR count). The first kappa shape index (κ1) is 13.4. The van der Waals surface area contributed by atoms with E-state index in [1.807, 2.05) is 11.3 Å². The van der Waals surface area contributed by atoms with E-state index in [0.29, 0.717) is 0 Å². The average molecular weight is 361 g/mol. The van der Waals surface area contributed by atoms with E-state index in [2.05, 4.69) is 55.5 Å². The van der Waals surface area contributed by atoms with Gasteiger partial charge in [0.1, 0.15) is 16.8 Å². The minimum atomic E-state index is 1.06. The molecule has 0 spiro atoms. The normalized spacial score (nSPS) is 14.3.